The topological polar surface area (TPSA) is 195 Å². The van der Waals surface area contributed by atoms with Gasteiger partial charge in [-0.3, -0.25) is 33.4 Å². The SMILES string of the molecule is CC(N1CCN(CP(=O)(O)O)Cc2cccc(n2)CN(CP(=O)(O)O)CC1)P(=O)(O)O. The van der Waals surface area contributed by atoms with Crippen molar-refractivity contribution in [1.29, 1.82) is 0 Å². The van der Waals surface area contributed by atoms with Crippen LogP contribution in [0.5, 0.6) is 0 Å². The average molecular weight is 502 g/mol. The Hall–Kier alpha value is -0.520. The molecule has 0 radical (unpaired) electrons. The summed E-state index contributed by atoms with van der Waals surface area (Å²) >= 11 is 0. The Labute approximate surface area is 180 Å². The van der Waals surface area contributed by atoms with Crippen molar-refractivity contribution in [2.24, 2.45) is 0 Å². The van der Waals surface area contributed by atoms with Crippen LogP contribution in [-0.2, 0) is 26.8 Å². The molecule has 2 rings (SSSR count). The molecule has 1 unspecified atom stereocenters. The van der Waals surface area contributed by atoms with E-state index in [9.17, 15) is 43.1 Å². The standard InChI is InChI=1S/C15H29N4O9P3/c1-13(31(26,27)28)19-7-5-17(11-29(20,21)22)9-14-3-2-4-15(16-14)10-18(6-8-19)12-30(23,24)25/h2-4,13H,5-12H2,1H3,(H2,20,21,22)(H2,23,24,25)(H2,26,27,28). The zero-order chi connectivity index (χ0) is 23.4. The monoisotopic (exact) mass is 502 g/mol. The number of rotatable bonds is 6. The van der Waals surface area contributed by atoms with Gasteiger partial charge in [0.15, 0.2) is 0 Å². The van der Waals surface area contributed by atoms with E-state index in [1.165, 1.54) is 21.6 Å². The molecule has 1 atom stereocenters. The van der Waals surface area contributed by atoms with E-state index in [4.69, 9.17) is 0 Å². The first-order valence-corrected chi connectivity index (χ1v) is 14.7. The van der Waals surface area contributed by atoms with Crippen molar-refractivity contribution >= 4 is 22.8 Å². The van der Waals surface area contributed by atoms with Crippen molar-refractivity contribution in [3.05, 3.63) is 29.6 Å². The highest BCUT2D eigenvalue weighted by molar-refractivity contribution is 7.52. The fraction of sp³-hybridized carbons (Fsp3) is 0.667. The Balaban J connectivity index is 2.37. The summed E-state index contributed by atoms with van der Waals surface area (Å²) in [5, 5.41) is 0. The summed E-state index contributed by atoms with van der Waals surface area (Å²) in [6, 6.07) is 5.05. The molecule has 1 aliphatic heterocycles. The lowest BCUT2D eigenvalue weighted by Crippen LogP contribution is -2.44. The predicted octanol–water partition coefficient (Wildman–Crippen LogP) is -0.205. The molecule has 2 bridgehead atoms. The lowest BCUT2D eigenvalue weighted by atomic mass is 10.2. The molecular formula is C15H29N4O9P3. The van der Waals surface area contributed by atoms with E-state index < -0.39 is 41.1 Å². The molecule has 13 nitrogen and oxygen atoms in total. The lowest BCUT2D eigenvalue weighted by Gasteiger charge is -2.34. The van der Waals surface area contributed by atoms with Crippen molar-refractivity contribution in [3.8, 4) is 0 Å². The van der Waals surface area contributed by atoms with Crippen molar-refractivity contribution in [2.75, 3.05) is 38.8 Å². The molecule has 0 saturated heterocycles. The van der Waals surface area contributed by atoms with Gasteiger partial charge in [-0.05, 0) is 19.1 Å². The molecule has 0 aromatic carbocycles. The maximum Gasteiger partial charge on any atom is 0.342 e. The van der Waals surface area contributed by atoms with Crippen LogP contribution < -0.4 is 0 Å². The Morgan fingerprint density at radius 1 is 0.839 bits per heavy atom. The summed E-state index contributed by atoms with van der Waals surface area (Å²) in [5.41, 5.74) is 1.02. The number of hydrogen-bond donors (Lipinski definition) is 6. The summed E-state index contributed by atoms with van der Waals surface area (Å²) < 4.78 is 35.0. The number of pyridine rings is 1. The second-order valence-corrected chi connectivity index (χ2v) is 12.7. The first-order valence-electron chi connectivity index (χ1n) is 9.40. The van der Waals surface area contributed by atoms with Crippen LogP contribution >= 0.6 is 22.8 Å². The van der Waals surface area contributed by atoms with Crippen molar-refractivity contribution in [1.82, 2.24) is 19.7 Å². The highest BCUT2D eigenvalue weighted by atomic mass is 31.2. The zero-order valence-corrected chi connectivity index (χ0v) is 19.7. The summed E-state index contributed by atoms with van der Waals surface area (Å²) in [6.07, 6.45) is -1.08. The molecule has 16 heteroatoms. The van der Waals surface area contributed by atoms with Gasteiger partial charge in [0.05, 0.1) is 11.4 Å². The van der Waals surface area contributed by atoms with Crippen molar-refractivity contribution in [2.45, 2.75) is 25.8 Å². The first kappa shape index (κ1) is 26.7. The Morgan fingerprint density at radius 3 is 1.61 bits per heavy atom. The molecule has 1 aromatic rings. The van der Waals surface area contributed by atoms with Gasteiger partial charge in [-0.1, -0.05) is 6.07 Å². The normalized spacial score (nSPS) is 20.1. The van der Waals surface area contributed by atoms with Crippen LogP contribution in [-0.4, -0.2) is 93.6 Å². The highest BCUT2D eigenvalue weighted by Crippen LogP contribution is 2.43. The van der Waals surface area contributed by atoms with Gasteiger partial charge in [0.1, 0.15) is 18.4 Å². The fourth-order valence-electron chi connectivity index (χ4n) is 3.32. The largest absolute Gasteiger partial charge is 0.342 e. The van der Waals surface area contributed by atoms with E-state index in [-0.39, 0.29) is 39.3 Å². The van der Waals surface area contributed by atoms with E-state index in [0.29, 0.717) is 11.4 Å². The molecule has 31 heavy (non-hydrogen) atoms. The van der Waals surface area contributed by atoms with Crippen LogP contribution in [0.2, 0.25) is 0 Å². The summed E-state index contributed by atoms with van der Waals surface area (Å²) in [5.74, 6) is -1.18. The smallest absolute Gasteiger partial charge is 0.324 e. The lowest BCUT2D eigenvalue weighted by molar-refractivity contribution is 0.156. The summed E-state index contributed by atoms with van der Waals surface area (Å²) in [7, 11) is -13.3. The second kappa shape index (κ2) is 10.6. The van der Waals surface area contributed by atoms with Crippen LogP contribution in [0.3, 0.4) is 0 Å². The van der Waals surface area contributed by atoms with Crippen LogP contribution in [0.4, 0.5) is 0 Å². The maximum atomic E-state index is 11.8. The Bertz CT molecular complexity index is 833. The fourth-order valence-corrected chi connectivity index (χ4v) is 5.50. The van der Waals surface area contributed by atoms with E-state index in [0.717, 1.165) is 0 Å². The van der Waals surface area contributed by atoms with Crippen LogP contribution in [0.25, 0.3) is 0 Å². The van der Waals surface area contributed by atoms with Gasteiger partial charge in [0.2, 0.25) is 0 Å². The molecule has 0 fully saturated rings. The second-order valence-electron chi connectivity index (χ2n) is 7.59. The molecule has 2 heterocycles. The predicted molar refractivity (Wildman–Crippen MR) is 112 cm³/mol. The van der Waals surface area contributed by atoms with Gasteiger partial charge in [0.25, 0.3) is 0 Å². The van der Waals surface area contributed by atoms with Gasteiger partial charge in [-0.15, -0.1) is 0 Å². The molecule has 1 aliphatic rings. The van der Waals surface area contributed by atoms with Crippen molar-refractivity contribution < 1.29 is 43.1 Å². The number of fused-ring (bicyclic) bond motifs is 2. The third kappa shape index (κ3) is 9.88. The number of aromatic nitrogens is 1. The third-order valence-electron chi connectivity index (χ3n) is 4.83. The molecular weight excluding hydrogens is 473 g/mol. The Kier molecular flexibility index (Phi) is 9.15. The molecule has 6 N–H and O–H groups in total. The minimum absolute atomic E-state index is 0.0791. The van der Waals surface area contributed by atoms with E-state index in [1.807, 2.05) is 0 Å². The highest BCUT2D eigenvalue weighted by Gasteiger charge is 2.32. The van der Waals surface area contributed by atoms with E-state index in [2.05, 4.69) is 4.98 Å². The molecule has 1 aromatic heterocycles. The molecule has 178 valence electrons. The summed E-state index contributed by atoms with van der Waals surface area (Å²) in [4.78, 5) is 65.7. The minimum atomic E-state index is -4.51. The van der Waals surface area contributed by atoms with Gasteiger partial charge in [-0.25, -0.2) is 0 Å². The van der Waals surface area contributed by atoms with Crippen LogP contribution in [0.1, 0.15) is 18.3 Å². The number of nitrogens with zero attached hydrogens (tertiary/aromatic N) is 4. The molecule has 0 spiro atoms. The van der Waals surface area contributed by atoms with Gasteiger partial charge in [0, 0.05) is 39.3 Å². The quantitative estimate of drug-likeness (QED) is 0.280. The minimum Gasteiger partial charge on any atom is -0.324 e. The van der Waals surface area contributed by atoms with Gasteiger partial charge < -0.3 is 29.4 Å². The van der Waals surface area contributed by atoms with E-state index >= 15 is 0 Å². The third-order valence-corrected chi connectivity index (χ3v) is 7.66. The molecule has 0 amide bonds. The van der Waals surface area contributed by atoms with Crippen molar-refractivity contribution in [3.63, 3.8) is 0 Å². The maximum absolute atomic E-state index is 11.8. The average Bonchev–Trinajstić information content (AvgIpc) is 2.57. The van der Waals surface area contributed by atoms with Crippen LogP contribution in [0, 0.1) is 0 Å². The summed E-state index contributed by atoms with van der Waals surface area (Å²) in [6.45, 7) is 1.88. The van der Waals surface area contributed by atoms with Gasteiger partial charge >= 0.3 is 22.8 Å². The zero-order valence-electron chi connectivity index (χ0n) is 17.0. The number of hydrogen-bond acceptors (Lipinski definition) is 7. The van der Waals surface area contributed by atoms with Gasteiger partial charge in [-0.2, -0.15) is 0 Å². The van der Waals surface area contributed by atoms with Crippen LogP contribution in [0.15, 0.2) is 18.2 Å². The molecule has 0 saturated carbocycles. The first-order chi connectivity index (χ1) is 14.1. The Morgan fingerprint density at radius 2 is 1.26 bits per heavy atom. The molecule has 0 aliphatic carbocycles. The van der Waals surface area contributed by atoms with E-state index in [1.54, 1.807) is 18.2 Å².